The van der Waals surface area contributed by atoms with Crippen LogP contribution in [0, 0.1) is 6.07 Å². The van der Waals surface area contributed by atoms with Crippen LogP contribution >= 0.6 is 0 Å². The van der Waals surface area contributed by atoms with Gasteiger partial charge < -0.3 is 4.74 Å². The van der Waals surface area contributed by atoms with Crippen LogP contribution in [-0.4, -0.2) is 16.4 Å². The number of benzene rings is 1. The lowest BCUT2D eigenvalue weighted by Gasteiger charge is -2.10. The summed E-state index contributed by atoms with van der Waals surface area (Å²) in [5.41, 5.74) is 0.653. The average Bonchev–Trinajstić information content (AvgIpc) is 2.73. The van der Waals surface area contributed by atoms with Gasteiger partial charge in [0.1, 0.15) is 5.75 Å². The van der Waals surface area contributed by atoms with Crippen molar-refractivity contribution in [1.82, 2.24) is 9.78 Å². The molecule has 3 nitrogen and oxygen atoms in total. The van der Waals surface area contributed by atoms with Gasteiger partial charge >= 0.3 is 6.61 Å². The van der Waals surface area contributed by atoms with Gasteiger partial charge in [-0.25, -0.2) is 0 Å². The minimum absolute atomic E-state index is 0.174. The van der Waals surface area contributed by atoms with Gasteiger partial charge in [-0.05, 0) is 6.07 Å². The summed E-state index contributed by atoms with van der Waals surface area (Å²) in [7, 11) is 0. The Balaban J connectivity index is 2.19. The highest BCUT2D eigenvalue weighted by atomic mass is 19.3. The van der Waals surface area contributed by atoms with Gasteiger partial charge in [-0.1, -0.05) is 18.2 Å². The Morgan fingerprint density at radius 2 is 2.19 bits per heavy atom. The van der Waals surface area contributed by atoms with Crippen molar-refractivity contribution >= 4 is 0 Å². The summed E-state index contributed by atoms with van der Waals surface area (Å²) in [6.07, 6.45) is 3.15. The summed E-state index contributed by atoms with van der Waals surface area (Å²) in [6, 6.07) is 9.42. The Hall–Kier alpha value is -1.91. The first-order valence-electron chi connectivity index (χ1n) is 4.67. The molecule has 0 fully saturated rings. The number of alkyl halides is 2. The molecule has 0 aliphatic rings. The Kier molecular flexibility index (Phi) is 3.14. The molecule has 2 rings (SSSR count). The van der Waals surface area contributed by atoms with Gasteiger partial charge in [-0.3, -0.25) is 4.68 Å². The van der Waals surface area contributed by atoms with E-state index in [1.54, 1.807) is 29.1 Å². The van der Waals surface area contributed by atoms with Crippen molar-refractivity contribution in [3.05, 3.63) is 48.3 Å². The van der Waals surface area contributed by atoms with E-state index < -0.39 is 6.61 Å². The third kappa shape index (κ3) is 2.56. The molecule has 0 spiro atoms. The molecule has 0 saturated carbocycles. The molecule has 0 atom stereocenters. The third-order valence-electron chi connectivity index (χ3n) is 2.03. The fourth-order valence-corrected chi connectivity index (χ4v) is 1.37. The van der Waals surface area contributed by atoms with Crippen LogP contribution in [0.5, 0.6) is 5.75 Å². The summed E-state index contributed by atoms with van der Waals surface area (Å²) in [4.78, 5) is 0. The Labute approximate surface area is 91.3 Å². The van der Waals surface area contributed by atoms with E-state index in [0.29, 0.717) is 12.1 Å². The number of ether oxygens (including phenoxy) is 1. The van der Waals surface area contributed by atoms with E-state index in [4.69, 9.17) is 0 Å². The van der Waals surface area contributed by atoms with Crippen molar-refractivity contribution in [3.63, 3.8) is 0 Å². The second kappa shape index (κ2) is 4.74. The van der Waals surface area contributed by atoms with Gasteiger partial charge in [0.05, 0.1) is 12.7 Å². The van der Waals surface area contributed by atoms with E-state index in [0.717, 1.165) is 0 Å². The molecule has 1 aromatic carbocycles. The summed E-state index contributed by atoms with van der Waals surface area (Å²) < 4.78 is 30.3. The van der Waals surface area contributed by atoms with Crippen LogP contribution in [0.1, 0.15) is 5.56 Å². The number of rotatable bonds is 4. The van der Waals surface area contributed by atoms with E-state index in [1.807, 2.05) is 0 Å². The zero-order valence-corrected chi connectivity index (χ0v) is 8.31. The standard InChI is InChI=1S/C11H9F2N2O/c12-11(13)16-10-5-2-1-4-9(10)8-15-7-3-6-14-15/h1-2,4-7,11H,8H2. The number of hydrogen-bond acceptors (Lipinski definition) is 2. The maximum Gasteiger partial charge on any atom is 0.387 e. The third-order valence-corrected chi connectivity index (χ3v) is 2.03. The van der Waals surface area contributed by atoms with Crippen molar-refractivity contribution in [2.24, 2.45) is 0 Å². The fourth-order valence-electron chi connectivity index (χ4n) is 1.37. The summed E-state index contributed by atoms with van der Waals surface area (Å²) >= 11 is 0. The van der Waals surface area contributed by atoms with Crippen molar-refractivity contribution in [3.8, 4) is 5.75 Å². The van der Waals surface area contributed by atoms with Gasteiger partial charge in [0, 0.05) is 17.8 Å². The average molecular weight is 223 g/mol. The van der Waals surface area contributed by atoms with Gasteiger partial charge in [-0.2, -0.15) is 13.9 Å². The zero-order valence-electron chi connectivity index (χ0n) is 8.31. The van der Waals surface area contributed by atoms with E-state index in [2.05, 4.69) is 15.9 Å². The predicted molar refractivity (Wildman–Crippen MR) is 53.2 cm³/mol. The molecule has 0 unspecified atom stereocenters. The van der Waals surface area contributed by atoms with Crippen LogP contribution < -0.4 is 4.74 Å². The first-order chi connectivity index (χ1) is 7.75. The Bertz CT molecular complexity index is 443. The summed E-state index contributed by atoms with van der Waals surface area (Å²) in [5.74, 6) is 0.174. The molecule has 0 N–H and O–H groups in total. The molecule has 5 heteroatoms. The monoisotopic (exact) mass is 223 g/mol. The molecular formula is C11H9F2N2O. The molecule has 2 aromatic rings. The van der Waals surface area contributed by atoms with Gasteiger partial charge in [0.2, 0.25) is 0 Å². The highest BCUT2D eigenvalue weighted by Crippen LogP contribution is 2.20. The van der Waals surface area contributed by atoms with Crippen LogP contribution in [-0.2, 0) is 6.54 Å². The second-order valence-corrected chi connectivity index (χ2v) is 3.12. The molecule has 1 radical (unpaired) electrons. The van der Waals surface area contributed by atoms with Gasteiger partial charge in [0.15, 0.2) is 0 Å². The first kappa shape index (κ1) is 10.6. The Morgan fingerprint density at radius 1 is 1.38 bits per heavy atom. The highest BCUT2D eigenvalue weighted by molar-refractivity contribution is 5.33. The highest BCUT2D eigenvalue weighted by Gasteiger charge is 2.09. The van der Waals surface area contributed by atoms with E-state index in [9.17, 15) is 8.78 Å². The minimum Gasteiger partial charge on any atom is -0.434 e. The quantitative estimate of drug-likeness (QED) is 0.795. The van der Waals surface area contributed by atoms with Crippen molar-refractivity contribution < 1.29 is 13.5 Å². The predicted octanol–water partition coefficient (Wildman–Crippen LogP) is 2.33. The molecule has 0 amide bonds. The maximum atomic E-state index is 12.1. The fraction of sp³-hybridized carbons (Fsp3) is 0.182. The van der Waals surface area contributed by atoms with E-state index in [-0.39, 0.29) is 5.75 Å². The van der Waals surface area contributed by atoms with Gasteiger partial charge in [-0.15, -0.1) is 0 Å². The lowest BCUT2D eigenvalue weighted by molar-refractivity contribution is -0.0505. The van der Waals surface area contributed by atoms with E-state index >= 15 is 0 Å². The van der Waals surface area contributed by atoms with Crippen molar-refractivity contribution in [1.29, 1.82) is 0 Å². The molecule has 16 heavy (non-hydrogen) atoms. The molecule has 0 saturated heterocycles. The van der Waals surface area contributed by atoms with Crippen LogP contribution in [0.3, 0.4) is 0 Å². The van der Waals surface area contributed by atoms with Crippen molar-refractivity contribution in [2.45, 2.75) is 13.2 Å². The normalized spacial score (nSPS) is 10.7. The largest absolute Gasteiger partial charge is 0.434 e. The molecule has 0 bridgehead atoms. The molecule has 83 valence electrons. The van der Waals surface area contributed by atoms with Crippen LogP contribution in [0.4, 0.5) is 8.78 Å². The Morgan fingerprint density at radius 3 is 2.88 bits per heavy atom. The molecule has 1 heterocycles. The molecule has 1 aromatic heterocycles. The lowest BCUT2D eigenvalue weighted by atomic mass is 10.2. The van der Waals surface area contributed by atoms with Crippen LogP contribution in [0.15, 0.2) is 36.7 Å². The number of hydrogen-bond donors (Lipinski definition) is 0. The number of nitrogens with zero attached hydrogens (tertiary/aromatic N) is 2. The van der Waals surface area contributed by atoms with Crippen LogP contribution in [0.25, 0.3) is 0 Å². The number of halogens is 2. The SMILES string of the molecule is FC(F)Oc1ccccc1Cn1c[c]cn1. The number of aromatic nitrogens is 2. The van der Waals surface area contributed by atoms with Crippen molar-refractivity contribution in [2.75, 3.05) is 0 Å². The molecule has 0 aliphatic heterocycles. The zero-order chi connectivity index (χ0) is 11.4. The topological polar surface area (TPSA) is 27.1 Å². The summed E-state index contributed by atoms with van der Waals surface area (Å²) in [6.45, 7) is -2.43. The second-order valence-electron chi connectivity index (χ2n) is 3.12. The molecule has 0 aliphatic carbocycles. The lowest BCUT2D eigenvalue weighted by Crippen LogP contribution is -2.07. The maximum absolute atomic E-state index is 12.1. The van der Waals surface area contributed by atoms with Gasteiger partial charge in [0.25, 0.3) is 0 Å². The summed E-state index contributed by atoms with van der Waals surface area (Å²) in [5, 5.41) is 3.95. The smallest absolute Gasteiger partial charge is 0.387 e. The van der Waals surface area contributed by atoms with Crippen LogP contribution in [0.2, 0.25) is 0 Å². The molecular weight excluding hydrogens is 214 g/mol. The number of para-hydroxylation sites is 1. The first-order valence-corrected chi connectivity index (χ1v) is 4.67. The minimum atomic E-state index is -2.81. The van der Waals surface area contributed by atoms with E-state index in [1.165, 1.54) is 12.3 Å².